The summed E-state index contributed by atoms with van der Waals surface area (Å²) in [6.45, 7) is 5.94. The van der Waals surface area contributed by atoms with Gasteiger partial charge in [-0.1, -0.05) is 12.1 Å². The molecule has 1 rings (SSSR count). The van der Waals surface area contributed by atoms with Crippen molar-refractivity contribution in [2.24, 2.45) is 0 Å². The quantitative estimate of drug-likeness (QED) is 0.625. The maximum Gasteiger partial charge on any atom is 0.161 e. The average molecular weight is 267 g/mol. The molecule has 19 heavy (non-hydrogen) atoms. The third-order valence-electron chi connectivity index (χ3n) is 2.64. The molecule has 0 atom stereocenters. The molecule has 0 aliphatic heterocycles. The Morgan fingerprint density at radius 2 is 1.68 bits per heavy atom. The Morgan fingerprint density at radius 1 is 0.947 bits per heavy atom. The summed E-state index contributed by atoms with van der Waals surface area (Å²) in [6, 6.07) is 7.77. The second kappa shape index (κ2) is 10.6. The summed E-state index contributed by atoms with van der Waals surface area (Å²) in [5.41, 5.74) is 0. The molecule has 0 bridgehead atoms. The third-order valence-corrected chi connectivity index (χ3v) is 2.64. The molecule has 0 saturated heterocycles. The van der Waals surface area contributed by atoms with Gasteiger partial charge in [0, 0.05) is 20.3 Å². The fourth-order valence-electron chi connectivity index (χ4n) is 1.70. The molecule has 108 valence electrons. The molecule has 0 radical (unpaired) electrons. The van der Waals surface area contributed by atoms with Gasteiger partial charge in [0.2, 0.25) is 0 Å². The molecule has 0 fully saturated rings. The highest BCUT2D eigenvalue weighted by molar-refractivity contribution is 5.39. The van der Waals surface area contributed by atoms with Crippen LogP contribution in [0.25, 0.3) is 0 Å². The second-order valence-electron chi connectivity index (χ2n) is 4.18. The highest BCUT2D eigenvalue weighted by Crippen LogP contribution is 2.25. The molecule has 0 spiro atoms. The van der Waals surface area contributed by atoms with Crippen molar-refractivity contribution in [2.75, 3.05) is 40.0 Å². The predicted octanol–water partition coefficient (Wildman–Crippen LogP) is 2.48. The molecule has 1 N–H and O–H groups in total. The van der Waals surface area contributed by atoms with Crippen molar-refractivity contribution in [3.8, 4) is 11.5 Å². The fourth-order valence-corrected chi connectivity index (χ4v) is 1.70. The summed E-state index contributed by atoms with van der Waals surface area (Å²) < 4.78 is 16.2. The number of methoxy groups -OCH3 is 1. The first kappa shape index (κ1) is 15.8. The molecule has 1 aromatic carbocycles. The van der Waals surface area contributed by atoms with Crippen molar-refractivity contribution >= 4 is 0 Å². The van der Waals surface area contributed by atoms with Gasteiger partial charge in [0.05, 0.1) is 6.61 Å². The van der Waals surface area contributed by atoms with Crippen LogP contribution in [0.3, 0.4) is 0 Å². The monoisotopic (exact) mass is 267 g/mol. The molecule has 0 amide bonds. The van der Waals surface area contributed by atoms with Gasteiger partial charge in [-0.15, -0.1) is 0 Å². The van der Waals surface area contributed by atoms with Gasteiger partial charge >= 0.3 is 0 Å². The molecule has 4 heteroatoms. The topological polar surface area (TPSA) is 39.7 Å². The lowest BCUT2D eigenvalue weighted by molar-refractivity contribution is 0.192. The number of nitrogens with one attached hydrogen (secondary N) is 1. The van der Waals surface area contributed by atoms with E-state index in [1.165, 1.54) is 0 Å². The number of para-hydroxylation sites is 2. The largest absolute Gasteiger partial charge is 0.490 e. The first-order valence-electron chi connectivity index (χ1n) is 6.92. The highest BCUT2D eigenvalue weighted by Gasteiger charge is 2.02. The first-order chi connectivity index (χ1) is 9.38. The van der Waals surface area contributed by atoms with Crippen LogP contribution in [0.2, 0.25) is 0 Å². The highest BCUT2D eigenvalue weighted by atomic mass is 16.5. The van der Waals surface area contributed by atoms with Gasteiger partial charge in [0.1, 0.15) is 6.61 Å². The normalized spacial score (nSPS) is 10.4. The Labute approximate surface area is 116 Å². The van der Waals surface area contributed by atoms with Gasteiger partial charge in [0.25, 0.3) is 0 Å². The van der Waals surface area contributed by atoms with E-state index in [9.17, 15) is 0 Å². The molecule has 0 aliphatic carbocycles. The standard InChI is InChI=1S/C15H25NO3/c1-3-18-14-8-4-5-9-15(14)19-13-11-16-10-6-7-12-17-2/h4-5,8-9,16H,3,6-7,10-13H2,1-2H3. The molecule has 0 heterocycles. The van der Waals surface area contributed by atoms with Crippen LogP contribution in [0.5, 0.6) is 11.5 Å². The minimum absolute atomic E-state index is 0.647. The molecule has 1 aromatic rings. The van der Waals surface area contributed by atoms with Crippen molar-refractivity contribution in [2.45, 2.75) is 19.8 Å². The number of ether oxygens (including phenoxy) is 3. The molecular weight excluding hydrogens is 242 g/mol. The minimum Gasteiger partial charge on any atom is -0.490 e. The lowest BCUT2D eigenvalue weighted by Gasteiger charge is -2.11. The van der Waals surface area contributed by atoms with Gasteiger partial charge in [-0.2, -0.15) is 0 Å². The van der Waals surface area contributed by atoms with E-state index in [0.29, 0.717) is 13.2 Å². The summed E-state index contributed by atoms with van der Waals surface area (Å²) in [5.74, 6) is 1.62. The molecule has 0 saturated carbocycles. The van der Waals surface area contributed by atoms with E-state index in [1.807, 2.05) is 31.2 Å². The Balaban J connectivity index is 2.12. The van der Waals surface area contributed by atoms with Crippen LogP contribution in [0.1, 0.15) is 19.8 Å². The fraction of sp³-hybridized carbons (Fsp3) is 0.600. The third kappa shape index (κ3) is 7.03. The van der Waals surface area contributed by atoms with Crippen LogP contribution >= 0.6 is 0 Å². The predicted molar refractivity (Wildman–Crippen MR) is 77.1 cm³/mol. The van der Waals surface area contributed by atoms with Crippen LogP contribution in [-0.4, -0.2) is 40.0 Å². The van der Waals surface area contributed by atoms with Crippen LogP contribution in [-0.2, 0) is 4.74 Å². The average Bonchev–Trinajstić information content (AvgIpc) is 2.44. The van der Waals surface area contributed by atoms with Crippen molar-refractivity contribution in [1.82, 2.24) is 5.32 Å². The number of hydrogen-bond donors (Lipinski definition) is 1. The maximum atomic E-state index is 5.71. The number of benzene rings is 1. The summed E-state index contributed by atoms with van der Waals surface area (Å²) >= 11 is 0. The maximum absolute atomic E-state index is 5.71. The molecule has 0 aliphatic rings. The lowest BCUT2D eigenvalue weighted by Crippen LogP contribution is -2.22. The first-order valence-corrected chi connectivity index (χ1v) is 6.92. The Morgan fingerprint density at radius 3 is 2.37 bits per heavy atom. The minimum atomic E-state index is 0.647. The number of unbranched alkanes of at least 4 members (excludes halogenated alkanes) is 1. The number of rotatable bonds is 11. The van der Waals surface area contributed by atoms with Crippen molar-refractivity contribution in [3.63, 3.8) is 0 Å². The van der Waals surface area contributed by atoms with Crippen LogP contribution in [0.15, 0.2) is 24.3 Å². The molecule has 4 nitrogen and oxygen atoms in total. The van der Waals surface area contributed by atoms with Crippen LogP contribution < -0.4 is 14.8 Å². The van der Waals surface area contributed by atoms with Gasteiger partial charge in [-0.05, 0) is 38.4 Å². The van der Waals surface area contributed by atoms with Gasteiger partial charge in [-0.3, -0.25) is 0 Å². The summed E-state index contributed by atoms with van der Waals surface area (Å²) in [7, 11) is 1.73. The summed E-state index contributed by atoms with van der Waals surface area (Å²) in [5, 5.41) is 3.34. The summed E-state index contributed by atoms with van der Waals surface area (Å²) in [6.07, 6.45) is 2.22. The Bertz CT molecular complexity index is 331. The number of hydrogen-bond acceptors (Lipinski definition) is 4. The van der Waals surface area contributed by atoms with Crippen molar-refractivity contribution in [1.29, 1.82) is 0 Å². The summed E-state index contributed by atoms with van der Waals surface area (Å²) in [4.78, 5) is 0. The van der Waals surface area contributed by atoms with Crippen molar-refractivity contribution < 1.29 is 14.2 Å². The molecular formula is C15H25NO3. The lowest BCUT2D eigenvalue weighted by atomic mass is 10.3. The van der Waals surface area contributed by atoms with Gasteiger partial charge in [-0.25, -0.2) is 0 Å². The Kier molecular flexibility index (Phi) is 8.85. The zero-order chi connectivity index (χ0) is 13.8. The van der Waals surface area contributed by atoms with Crippen LogP contribution in [0, 0.1) is 0 Å². The van der Waals surface area contributed by atoms with E-state index in [2.05, 4.69) is 5.32 Å². The van der Waals surface area contributed by atoms with Gasteiger partial charge < -0.3 is 19.5 Å². The van der Waals surface area contributed by atoms with E-state index >= 15 is 0 Å². The smallest absolute Gasteiger partial charge is 0.161 e. The molecule has 0 unspecified atom stereocenters. The van der Waals surface area contributed by atoms with Crippen LogP contribution in [0.4, 0.5) is 0 Å². The SMILES string of the molecule is CCOc1ccccc1OCCNCCCCOC. The van der Waals surface area contributed by atoms with E-state index in [1.54, 1.807) is 7.11 Å². The Hall–Kier alpha value is -1.26. The second-order valence-corrected chi connectivity index (χ2v) is 4.18. The zero-order valence-corrected chi connectivity index (χ0v) is 12.0. The van der Waals surface area contributed by atoms with E-state index in [4.69, 9.17) is 14.2 Å². The van der Waals surface area contributed by atoms with Crippen molar-refractivity contribution in [3.05, 3.63) is 24.3 Å². The van der Waals surface area contributed by atoms with Gasteiger partial charge in [0.15, 0.2) is 11.5 Å². The van der Waals surface area contributed by atoms with E-state index < -0.39 is 0 Å². The molecule has 0 aromatic heterocycles. The zero-order valence-electron chi connectivity index (χ0n) is 12.0. The van der Waals surface area contributed by atoms with E-state index in [-0.39, 0.29) is 0 Å². The van der Waals surface area contributed by atoms with E-state index in [0.717, 1.165) is 44.0 Å².